The van der Waals surface area contributed by atoms with Crippen LogP contribution in [-0.2, 0) is 16.0 Å². The molecule has 1 saturated carbocycles. The highest BCUT2D eigenvalue weighted by Crippen LogP contribution is 2.38. The van der Waals surface area contributed by atoms with Crippen LogP contribution in [0.3, 0.4) is 0 Å². The van der Waals surface area contributed by atoms with Crippen molar-refractivity contribution in [3.8, 4) is 11.1 Å². The lowest BCUT2D eigenvalue weighted by Gasteiger charge is -2.43. The first kappa shape index (κ1) is 23.2. The molecule has 1 aromatic carbocycles. The molecule has 174 valence electrons. The Morgan fingerprint density at radius 1 is 1.12 bits per heavy atom. The van der Waals surface area contributed by atoms with Gasteiger partial charge < -0.3 is 10.2 Å². The second-order valence-electron chi connectivity index (χ2n) is 9.55. The van der Waals surface area contributed by atoms with Crippen molar-refractivity contribution in [1.29, 1.82) is 0 Å². The average molecular weight is 446 g/mol. The quantitative estimate of drug-likeness (QED) is 0.624. The fourth-order valence-electron chi connectivity index (χ4n) is 5.53. The van der Waals surface area contributed by atoms with Gasteiger partial charge in [-0.1, -0.05) is 55.7 Å². The number of likely N-dealkylation sites (tertiary alicyclic amines) is 1. The Morgan fingerprint density at radius 2 is 1.94 bits per heavy atom. The maximum absolute atomic E-state index is 13.6. The molecule has 5 heteroatoms. The summed E-state index contributed by atoms with van der Waals surface area (Å²) in [5, 5.41) is 3.05. The lowest BCUT2D eigenvalue weighted by Crippen LogP contribution is -2.55. The topological polar surface area (TPSA) is 62.3 Å². The van der Waals surface area contributed by atoms with Crippen LogP contribution in [0.15, 0.2) is 61.4 Å². The Kier molecular flexibility index (Phi) is 7.58. The molecule has 1 aliphatic heterocycles. The number of benzene rings is 1. The number of aromatic nitrogens is 1. The van der Waals surface area contributed by atoms with Crippen molar-refractivity contribution in [1.82, 2.24) is 15.2 Å². The van der Waals surface area contributed by atoms with Gasteiger partial charge in [-0.05, 0) is 49.3 Å². The van der Waals surface area contributed by atoms with E-state index in [2.05, 4.69) is 35.1 Å². The molecule has 2 amide bonds. The van der Waals surface area contributed by atoms with Gasteiger partial charge in [0, 0.05) is 43.5 Å². The standard InChI is InChI=1S/C28H35N3O2/c1-2-16-30-27(33)28(15-9-18-31(21-28)26(32)22-10-4-3-5-11-22)19-23-12-6-7-14-25(23)24-13-8-17-29-20-24/h2,6-8,12-14,17,20,22H,1,3-5,9-11,15-16,18-19,21H2,(H,30,33). The number of hydrogen-bond donors (Lipinski definition) is 1. The first-order chi connectivity index (χ1) is 16.1. The number of pyridine rings is 1. The summed E-state index contributed by atoms with van der Waals surface area (Å²) in [6.07, 6.45) is 13.0. The molecular formula is C28H35N3O2. The Hall–Kier alpha value is -2.95. The Balaban J connectivity index is 1.64. The molecule has 5 nitrogen and oxygen atoms in total. The van der Waals surface area contributed by atoms with Crippen molar-refractivity contribution in [3.05, 3.63) is 67.0 Å². The minimum atomic E-state index is -0.649. The summed E-state index contributed by atoms with van der Waals surface area (Å²) < 4.78 is 0. The van der Waals surface area contributed by atoms with E-state index in [9.17, 15) is 9.59 Å². The number of amides is 2. The summed E-state index contributed by atoms with van der Waals surface area (Å²) in [7, 11) is 0. The minimum absolute atomic E-state index is 0.0181. The van der Waals surface area contributed by atoms with Gasteiger partial charge >= 0.3 is 0 Å². The van der Waals surface area contributed by atoms with Crippen LogP contribution in [0.2, 0.25) is 0 Å². The van der Waals surface area contributed by atoms with Crippen molar-refractivity contribution < 1.29 is 9.59 Å². The second-order valence-corrected chi connectivity index (χ2v) is 9.55. The Morgan fingerprint density at radius 3 is 2.70 bits per heavy atom. The third kappa shape index (κ3) is 5.35. The van der Waals surface area contributed by atoms with E-state index in [1.807, 2.05) is 29.3 Å². The first-order valence-electron chi connectivity index (χ1n) is 12.3. The number of piperidine rings is 1. The van der Waals surface area contributed by atoms with Gasteiger partial charge in [-0.3, -0.25) is 14.6 Å². The van der Waals surface area contributed by atoms with E-state index in [1.165, 1.54) is 6.42 Å². The van der Waals surface area contributed by atoms with Crippen LogP contribution in [0.25, 0.3) is 11.1 Å². The fourth-order valence-corrected chi connectivity index (χ4v) is 5.53. The fraction of sp³-hybridized carbons (Fsp3) is 0.464. The van der Waals surface area contributed by atoms with Crippen LogP contribution >= 0.6 is 0 Å². The summed E-state index contributed by atoms with van der Waals surface area (Å²) in [6, 6.07) is 12.2. The molecule has 2 fully saturated rings. The molecular weight excluding hydrogens is 410 g/mol. The monoisotopic (exact) mass is 445 g/mol. The van der Waals surface area contributed by atoms with E-state index < -0.39 is 5.41 Å². The molecule has 1 atom stereocenters. The molecule has 33 heavy (non-hydrogen) atoms. The van der Waals surface area contributed by atoms with Crippen molar-refractivity contribution >= 4 is 11.8 Å². The number of nitrogens with zero attached hydrogens (tertiary/aromatic N) is 2. The largest absolute Gasteiger partial charge is 0.352 e. The van der Waals surface area contributed by atoms with Crippen LogP contribution in [0.5, 0.6) is 0 Å². The molecule has 1 aromatic heterocycles. The van der Waals surface area contributed by atoms with Gasteiger partial charge in [0.05, 0.1) is 5.41 Å². The van der Waals surface area contributed by atoms with Crippen molar-refractivity contribution in [2.45, 2.75) is 51.4 Å². The summed E-state index contributed by atoms with van der Waals surface area (Å²) in [5.41, 5.74) is 2.60. The molecule has 1 aliphatic carbocycles. The lowest BCUT2D eigenvalue weighted by molar-refractivity contribution is -0.145. The predicted octanol–water partition coefficient (Wildman–Crippen LogP) is 4.78. The zero-order valence-corrected chi connectivity index (χ0v) is 19.5. The third-order valence-electron chi connectivity index (χ3n) is 7.25. The van der Waals surface area contributed by atoms with Crippen molar-refractivity contribution in [3.63, 3.8) is 0 Å². The van der Waals surface area contributed by atoms with Gasteiger partial charge in [-0.25, -0.2) is 0 Å². The summed E-state index contributed by atoms with van der Waals surface area (Å²) >= 11 is 0. The van der Waals surface area contributed by atoms with E-state index in [0.717, 1.165) is 61.8 Å². The number of nitrogens with one attached hydrogen (secondary N) is 1. The van der Waals surface area contributed by atoms with E-state index in [-0.39, 0.29) is 17.7 Å². The molecule has 4 rings (SSSR count). The van der Waals surface area contributed by atoms with E-state index in [1.54, 1.807) is 12.3 Å². The van der Waals surface area contributed by atoms with Crippen LogP contribution in [-0.4, -0.2) is 41.3 Å². The number of carbonyl (C=O) groups excluding carboxylic acids is 2. The predicted molar refractivity (Wildman–Crippen MR) is 131 cm³/mol. The summed E-state index contributed by atoms with van der Waals surface area (Å²) in [5.74, 6) is 0.383. The van der Waals surface area contributed by atoms with Crippen LogP contribution in [0, 0.1) is 11.3 Å². The summed E-state index contributed by atoms with van der Waals surface area (Å²) in [4.78, 5) is 33.2. The molecule has 2 aliphatic rings. The van der Waals surface area contributed by atoms with E-state index in [0.29, 0.717) is 19.5 Å². The zero-order chi connectivity index (χ0) is 23.1. The molecule has 1 N–H and O–H groups in total. The van der Waals surface area contributed by atoms with Gasteiger partial charge in [0.2, 0.25) is 11.8 Å². The van der Waals surface area contributed by atoms with Crippen molar-refractivity contribution in [2.75, 3.05) is 19.6 Å². The molecule has 2 heterocycles. The highest BCUT2D eigenvalue weighted by molar-refractivity contribution is 5.86. The maximum atomic E-state index is 13.6. The molecule has 0 radical (unpaired) electrons. The molecule has 1 unspecified atom stereocenters. The summed E-state index contributed by atoms with van der Waals surface area (Å²) in [6.45, 7) is 5.41. The normalized spacial score (nSPS) is 21.4. The number of hydrogen-bond acceptors (Lipinski definition) is 3. The molecule has 0 bridgehead atoms. The Labute approximate surface area is 197 Å². The average Bonchev–Trinajstić information content (AvgIpc) is 2.88. The molecule has 0 spiro atoms. The van der Waals surface area contributed by atoms with E-state index >= 15 is 0 Å². The molecule has 2 aromatic rings. The zero-order valence-electron chi connectivity index (χ0n) is 19.5. The first-order valence-corrected chi connectivity index (χ1v) is 12.3. The Bertz CT molecular complexity index is 968. The SMILES string of the molecule is C=CCNC(=O)C1(Cc2ccccc2-c2cccnc2)CCCN(C(=O)C2CCCCC2)C1. The van der Waals surface area contributed by atoms with Gasteiger partial charge in [0.25, 0.3) is 0 Å². The van der Waals surface area contributed by atoms with Gasteiger partial charge in [-0.2, -0.15) is 0 Å². The minimum Gasteiger partial charge on any atom is -0.352 e. The lowest BCUT2D eigenvalue weighted by atomic mass is 9.72. The van der Waals surface area contributed by atoms with Gasteiger partial charge in [0.15, 0.2) is 0 Å². The van der Waals surface area contributed by atoms with Gasteiger partial charge in [0.1, 0.15) is 0 Å². The number of carbonyl (C=O) groups is 2. The van der Waals surface area contributed by atoms with Crippen LogP contribution in [0.1, 0.15) is 50.5 Å². The highest BCUT2D eigenvalue weighted by Gasteiger charge is 2.44. The maximum Gasteiger partial charge on any atom is 0.228 e. The van der Waals surface area contributed by atoms with Crippen LogP contribution < -0.4 is 5.32 Å². The highest BCUT2D eigenvalue weighted by atomic mass is 16.2. The smallest absolute Gasteiger partial charge is 0.228 e. The van der Waals surface area contributed by atoms with Crippen LogP contribution in [0.4, 0.5) is 0 Å². The van der Waals surface area contributed by atoms with E-state index in [4.69, 9.17) is 0 Å². The van der Waals surface area contributed by atoms with Crippen molar-refractivity contribution in [2.24, 2.45) is 11.3 Å². The molecule has 1 saturated heterocycles. The number of rotatable bonds is 7. The van der Waals surface area contributed by atoms with Gasteiger partial charge in [-0.15, -0.1) is 6.58 Å². The third-order valence-corrected chi connectivity index (χ3v) is 7.25. The second kappa shape index (κ2) is 10.8.